The predicted octanol–water partition coefficient (Wildman–Crippen LogP) is 5.71. The van der Waals surface area contributed by atoms with Gasteiger partial charge in [0, 0.05) is 55.1 Å². The maximum atomic E-state index is 14.7. The van der Waals surface area contributed by atoms with Gasteiger partial charge in [-0.15, -0.1) is 0 Å². The summed E-state index contributed by atoms with van der Waals surface area (Å²) in [6.45, 7) is 5.90. The molecule has 1 aliphatic rings. The number of fused-ring (bicyclic) bond motifs is 1. The molecule has 1 saturated heterocycles. The molecule has 3 aromatic rings. The van der Waals surface area contributed by atoms with Crippen molar-refractivity contribution in [2.45, 2.75) is 90.1 Å². The zero-order valence-corrected chi connectivity index (χ0v) is 32.6. The Hall–Kier alpha value is -3.93. The van der Waals surface area contributed by atoms with Crippen LogP contribution in [0.2, 0.25) is 5.02 Å². The van der Waals surface area contributed by atoms with E-state index in [0.29, 0.717) is 10.9 Å². The van der Waals surface area contributed by atoms with E-state index >= 15 is 0 Å². The zero-order valence-electron chi connectivity index (χ0n) is 30.1. The van der Waals surface area contributed by atoms with Gasteiger partial charge in [0.2, 0.25) is 28.5 Å². The minimum absolute atomic E-state index is 0.0149. The molecule has 15 nitrogen and oxygen atoms in total. The molecule has 4 rings (SSSR count). The standard InChI is InChI=1S/C34H41ClF2N3O12PS/c1-6-32(43)49-21(4)51-53(45,52-22(5)50-33(44)7-2)19-48-25-11-12-26-27(20(3)41)17-39(29(26)14-25)18-31(42)40-16-23(36)13-24(40)15-38-54(46,47)30-10-8-9-28(35)34(30)37/h8-12,14,17,21-24,38H,6-7,13,15-16,18-19H2,1-5H3/t21?,22?,23-,24+,53?/m1/s1. The molecule has 0 radical (unpaired) electrons. The fourth-order valence-corrected chi connectivity index (χ4v) is 8.49. The molecule has 1 N–H and O–H groups in total. The van der Waals surface area contributed by atoms with Gasteiger partial charge >= 0.3 is 19.5 Å². The third kappa shape index (κ3) is 10.9. The van der Waals surface area contributed by atoms with Gasteiger partial charge in [-0.1, -0.05) is 31.5 Å². The number of benzene rings is 2. The maximum Gasteiger partial charge on any atom is 0.373 e. The highest BCUT2D eigenvalue weighted by Crippen LogP contribution is 2.51. The lowest BCUT2D eigenvalue weighted by Gasteiger charge is -2.25. The van der Waals surface area contributed by atoms with Gasteiger partial charge in [0.05, 0.1) is 17.1 Å². The lowest BCUT2D eigenvalue weighted by atomic mass is 10.1. The van der Waals surface area contributed by atoms with Crippen LogP contribution in [0.1, 0.15) is 64.2 Å². The minimum atomic E-state index is -4.42. The van der Waals surface area contributed by atoms with E-state index in [-0.39, 0.29) is 42.9 Å². The molecule has 0 saturated carbocycles. The summed E-state index contributed by atoms with van der Waals surface area (Å²) in [5, 5.41) is 0.0252. The van der Waals surface area contributed by atoms with Crippen LogP contribution in [0.4, 0.5) is 8.78 Å². The first-order valence-electron chi connectivity index (χ1n) is 16.8. The molecule has 4 atom stereocenters. The Kier molecular flexibility index (Phi) is 14.4. The highest BCUT2D eigenvalue weighted by Gasteiger charge is 2.37. The summed E-state index contributed by atoms with van der Waals surface area (Å²) in [7, 11) is -8.73. The van der Waals surface area contributed by atoms with E-state index in [2.05, 4.69) is 4.72 Å². The molecular weight excluding hydrogens is 779 g/mol. The molecule has 54 heavy (non-hydrogen) atoms. The van der Waals surface area contributed by atoms with Crippen molar-refractivity contribution in [1.29, 1.82) is 0 Å². The van der Waals surface area contributed by atoms with Crippen molar-refractivity contribution in [3.63, 3.8) is 0 Å². The van der Waals surface area contributed by atoms with Gasteiger partial charge in [-0.2, -0.15) is 0 Å². The normalized spacial score (nSPS) is 18.2. The summed E-state index contributed by atoms with van der Waals surface area (Å²) in [4.78, 5) is 50.3. The Balaban J connectivity index is 1.55. The van der Waals surface area contributed by atoms with E-state index in [1.807, 2.05) is 0 Å². The van der Waals surface area contributed by atoms with Crippen LogP contribution in [-0.4, -0.2) is 85.7 Å². The number of nitrogens with one attached hydrogen (secondary N) is 1. The lowest BCUT2D eigenvalue weighted by Crippen LogP contribution is -2.44. The van der Waals surface area contributed by atoms with Crippen molar-refractivity contribution >= 4 is 63.8 Å². The summed E-state index contributed by atoms with van der Waals surface area (Å²) in [6.07, 6.45) is -3.62. The summed E-state index contributed by atoms with van der Waals surface area (Å²) in [5.41, 5.74) is 0.570. The number of likely N-dealkylation sites (tertiary alicyclic amines) is 1. The SMILES string of the molecule is CCC(=O)OC(C)OP(=O)(COc1ccc2c(C(C)=O)cn(CC(=O)N3C[C@H](F)C[C@H]3CNS(=O)(=O)c3cccc(Cl)c3F)c2c1)OC(C)OC(=O)CC. The molecular formula is C34H41ClF2N3O12PS. The number of sulfonamides is 1. The average molecular weight is 820 g/mol. The largest absolute Gasteiger partial charge is 0.481 e. The Morgan fingerprint density at radius 2 is 1.67 bits per heavy atom. The fourth-order valence-electron chi connectivity index (χ4n) is 5.61. The van der Waals surface area contributed by atoms with E-state index in [1.54, 1.807) is 13.8 Å². The van der Waals surface area contributed by atoms with E-state index in [0.717, 1.165) is 6.07 Å². The minimum Gasteiger partial charge on any atom is -0.481 e. The lowest BCUT2D eigenvalue weighted by molar-refractivity contribution is -0.167. The fraction of sp³-hybridized carbons (Fsp3) is 0.471. The number of rotatable bonds is 18. The molecule has 1 fully saturated rings. The number of esters is 2. The number of nitrogens with zero attached hydrogens (tertiary/aromatic N) is 2. The van der Waals surface area contributed by atoms with E-state index in [4.69, 9.17) is 34.9 Å². The first-order chi connectivity index (χ1) is 25.4. The van der Waals surface area contributed by atoms with Crippen molar-refractivity contribution in [3.8, 4) is 5.75 Å². The third-order valence-corrected chi connectivity index (χ3v) is 11.5. The van der Waals surface area contributed by atoms with Crippen LogP contribution in [0, 0.1) is 5.82 Å². The van der Waals surface area contributed by atoms with Crippen molar-refractivity contribution in [1.82, 2.24) is 14.2 Å². The van der Waals surface area contributed by atoms with Gasteiger partial charge in [0.1, 0.15) is 23.4 Å². The quantitative estimate of drug-likeness (QED) is 0.0714. The second-order valence-corrected chi connectivity index (χ2v) is 16.3. The number of alkyl halides is 1. The molecule has 0 spiro atoms. The summed E-state index contributed by atoms with van der Waals surface area (Å²) < 4.78 is 99.1. The van der Waals surface area contributed by atoms with Crippen LogP contribution in [0.15, 0.2) is 47.5 Å². The predicted molar refractivity (Wildman–Crippen MR) is 191 cm³/mol. The number of halogens is 3. The number of hydrogen-bond donors (Lipinski definition) is 1. The molecule has 1 aliphatic heterocycles. The van der Waals surface area contributed by atoms with Gasteiger partial charge in [-0.25, -0.2) is 21.9 Å². The molecule has 20 heteroatoms. The van der Waals surface area contributed by atoms with E-state index in [9.17, 15) is 40.9 Å². The third-order valence-electron chi connectivity index (χ3n) is 8.12. The number of ketones is 1. The molecule has 1 amide bonds. The topological polar surface area (TPSA) is 186 Å². The van der Waals surface area contributed by atoms with E-state index in [1.165, 1.54) is 66.8 Å². The van der Waals surface area contributed by atoms with Crippen molar-refractivity contribution in [3.05, 3.63) is 59.0 Å². The number of ether oxygens (including phenoxy) is 3. The summed E-state index contributed by atoms with van der Waals surface area (Å²) in [5.74, 6) is -3.29. The Labute approximate surface area is 315 Å². The molecule has 0 bridgehead atoms. The highest BCUT2D eigenvalue weighted by atomic mass is 35.5. The summed E-state index contributed by atoms with van der Waals surface area (Å²) >= 11 is 5.74. The Morgan fingerprint density at radius 3 is 2.26 bits per heavy atom. The van der Waals surface area contributed by atoms with Crippen LogP contribution < -0.4 is 9.46 Å². The van der Waals surface area contributed by atoms with Crippen molar-refractivity contribution < 1.29 is 64.2 Å². The first-order valence-corrected chi connectivity index (χ1v) is 20.4. The van der Waals surface area contributed by atoms with Gasteiger partial charge in [0.25, 0.3) is 0 Å². The van der Waals surface area contributed by atoms with Crippen molar-refractivity contribution in [2.75, 3.05) is 19.4 Å². The Bertz CT molecular complexity index is 2020. The zero-order chi connectivity index (χ0) is 40.0. The van der Waals surface area contributed by atoms with Crippen LogP contribution in [-0.2, 0) is 54.0 Å². The molecule has 296 valence electrons. The van der Waals surface area contributed by atoms with Gasteiger partial charge < -0.3 is 23.7 Å². The van der Waals surface area contributed by atoms with Gasteiger partial charge in [-0.05, 0) is 45.0 Å². The second kappa shape index (κ2) is 18.1. The van der Waals surface area contributed by atoms with Crippen LogP contribution >= 0.6 is 19.2 Å². The van der Waals surface area contributed by atoms with Crippen molar-refractivity contribution in [2.24, 2.45) is 0 Å². The van der Waals surface area contributed by atoms with E-state index < -0.39 is 95.4 Å². The molecule has 2 unspecified atom stereocenters. The molecule has 2 aromatic carbocycles. The molecule has 1 aromatic heterocycles. The number of aromatic nitrogens is 1. The average Bonchev–Trinajstić information content (AvgIpc) is 3.66. The smallest absolute Gasteiger partial charge is 0.373 e. The molecule has 2 heterocycles. The van der Waals surface area contributed by atoms with Crippen LogP contribution in [0.25, 0.3) is 10.9 Å². The number of carbonyl (C=O) groups excluding carboxylic acids is 4. The van der Waals surface area contributed by atoms with Crippen LogP contribution in [0.5, 0.6) is 5.75 Å². The number of amides is 1. The number of hydrogen-bond acceptors (Lipinski definition) is 12. The highest BCUT2D eigenvalue weighted by molar-refractivity contribution is 7.89. The monoisotopic (exact) mass is 819 g/mol. The number of carbonyl (C=O) groups is 4. The Morgan fingerprint density at radius 1 is 1.04 bits per heavy atom. The maximum absolute atomic E-state index is 14.7. The second-order valence-electron chi connectivity index (χ2n) is 12.3. The number of Topliss-reactive ketones (excluding diaryl/α,β-unsaturated/α-hetero) is 1. The van der Waals surface area contributed by atoms with Gasteiger partial charge in [0.15, 0.2) is 17.9 Å². The van der Waals surface area contributed by atoms with Gasteiger partial charge in [-0.3, -0.25) is 32.8 Å². The molecule has 0 aliphatic carbocycles. The summed E-state index contributed by atoms with van der Waals surface area (Å²) in [6, 6.07) is 6.99. The first kappa shape index (κ1) is 42.8. The van der Waals surface area contributed by atoms with Crippen LogP contribution in [0.3, 0.4) is 0 Å².